The Labute approximate surface area is 214 Å². The van der Waals surface area contributed by atoms with E-state index in [1.54, 1.807) is 4.68 Å². The van der Waals surface area contributed by atoms with Gasteiger partial charge in [0.2, 0.25) is 0 Å². The molecule has 2 heterocycles. The first-order valence-electron chi connectivity index (χ1n) is 12.5. The molecule has 0 amide bonds. The van der Waals surface area contributed by atoms with Gasteiger partial charge in [0.05, 0.1) is 18.8 Å². The smallest absolute Gasteiger partial charge is 0.330 e. The first-order chi connectivity index (χ1) is 18.1. The molecule has 0 atom stereocenters. The van der Waals surface area contributed by atoms with Crippen LogP contribution in [0, 0.1) is 0 Å². The van der Waals surface area contributed by atoms with Crippen LogP contribution in [0.2, 0.25) is 0 Å². The van der Waals surface area contributed by atoms with Crippen LogP contribution >= 0.6 is 0 Å². The van der Waals surface area contributed by atoms with Crippen molar-refractivity contribution in [2.45, 2.75) is 45.2 Å². The summed E-state index contributed by atoms with van der Waals surface area (Å²) >= 11 is 0. The lowest BCUT2D eigenvalue weighted by Crippen LogP contribution is -2.39. The van der Waals surface area contributed by atoms with Gasteiger partial charge in [-0.25, -0.2) is 4.79 Å². The van der Waals surface area contributed by atoms with Gasteiger partial charge < -0.3 is 10.6 Å². The van der Waals surface area contributed by atoms with E-state index in [1.807, 2.05) is 65.6 Å². The lowest BCUT2D eigenvalue weighted by molar-refractivity contribution is 0.648. The van der Waals surface area contributed by atoms with Gasteiger partial charge in [0, 0.05) is 6.54 Å². The molecular formula is C27H30N8O2. The second kappa shape index (κ2) is 11.1. The van der Waals surface area contributed by atoms with Gasteiger partial charge in [-0.2, -0.15) is 4.68 Å². The highest BCUT2D eigenvalue weighted by Gasteiger charge is 2.22. The van der Waals surface area contributed by atoms with E-state index in [4.69, 9.17) is 5.73 Å². The van der Waals surface area contributed by atoms with Crippen molar-refractivity contribution in [1.29, 1.82) is 0 Å². The summed E-state index contributed by atoms with van der Waals surface area (Å²) in [4.78, 5) is 30.3. The van der Waals surface area contributed by atoms with Crippen LogP contribution in [-0.2, 0) is 13.1 Å². The number of nitrogen functional groups attached to an aromatic ring is 1. The maximum atomic E-state index is 13.2. The molecule has 0 fully saturated rings. The van der Waals surface area contributed by atoms with Crippen LogP contribution in [0.15, 0.2) is 81.9 Å². The minimum atomic E-state index is -0.542. The van der Waals surface area contributed by atoms with Crippen LogP contribution < -0.4 is 21.9 Å². The zero-order valence-electron chi connectivity index (χ0n) is 20.6. The Bertz CT molecular complexity index is 1490. The van der Waals surface area contributed by atoms with Crippen LogP contribution in [0.5, 0.6) is 0 Å². The molecule has 0 aliphatic heterocycles. The van der Waals surface area contributed by atoms with Crippen LogP contribution in [0.25, 0.3) is 5.69 Å². The molecule has 2 aromatic carbocycles. The molecule has 0 saturated heterocycles. The third kappa shape index (κ3) is 5.53. The average molecular weight is 499 g/mol. The van der Waals surface area contributed by atoms with Crippen molar-refractivity contribution in [2.75, 3.05) is 17.2 Å². The Kier molecular flexibility index (Phi) is 7.25. The average Bonchev–Trinajstić information content (AvgIpc) is 3.39. The third-order valence-corrected chi connectivity index (χ3v) is 6.67. The van der Waals surface area contributed by atoms with Crippen molar-refractivity contribution >= 4 is 11.5 Å². The van der Waals surface area contributed by atoms with Gasteiger partial charge >= 0.3 is 5.69 Å². The van der Waals surface area contributed by atoms with E-state index in [2.05, 4.69) is 26.6 Å². The van der Waals surface area contributed by atoms with E-state index in [9.17, 15) is 9.59 Å². The predicted molar refractivity (Wildman–Crippen MR) is 143 cm³/mol. The maximum Gasteiger partial charge on any atom is 0.330 e. The number of benzene rings is 2. The molecule has 10 heteroatoms. The molecule has 0 unspecified atom stereocenters. The summed E-state index contributed by atoms with van der Waals surface area (Å²) in [5.41, 5.74) is 8.81. The summed E-state index contributed by atoms with van der Waals surface area (Å²) in [6.45, 7) is 1.02. The second-order valence-electron chi connectivity index (χ2n) is 9.19. The minimum absolute atomic E-state index is 0.119. The SMILES string of the molecule is Nc1c(N(CCC2=CCCCC2)Cc2nnnn2-c2ccccc2)c(=O)[nH]c(=O)n1Cc1ccccc1. The Morgan fingerprint density at radius 3 is 2.49 bits per heavy atom. The fourth-order valence-electron chi connectivity index (χ4n) is 4.73. The van der Waals surface area contributed by atoms with E-state index in [1.165, 1.54) is 23.0 Å². The Morgan fingerprint density at radius 2 is 1.76 bits per heavy atom. The van der Waals surface area contributed by atoms with Crippen molar-refractivity contribution < 1.29 is 0 Å². The van der Waals surface area contributed by atoms with Crippen molar-refractivity contribution in [1.82, 2.24) is 29.8 Å². The number of hydrogen-bond donors (Lipinski definition) is 2. The molecular weight excluding hydrogens is 468 g/mol. The van der Waals surface area contributed by atoms with Gasteiger partial charge in [-0.05, 0) is 60.2 Å². The van der Waals surface area contributed by atoms with Crippen LogP contribution in [0.1, 0.15) is 43.5 Å². The van der Waals surface area contributed by atoms with Crippen molar-refractivity contribution in [3.8, 4) is 5.69 Å². The summed E-state index contributed by atoms with van der Waals surface area (Å²) < 4.78 is 3.05. The number of nitrogens with two attached hydrogens (primary N) is 1. The second-order valence-corrected chi connectivity index (χ2v) is 9.19. The van der Waals surface area contributed by atoms with Gasteiger partial charge in [-0.1, -0.05) is 60.2 Å². The monoisotopic (exact) mass is 498 g/mol. The number of tetrazole rings is 1. The van der Waals surface area contributed by atoms with Crippen molar-refractivity contribution in [2.24, 2.45) is 0 Å². The summed E-state index contributed by atoms with van der Waals surface area (Å²) in [5.74, 6) is 0.678. The summed E-state index contributed by atoms with van der Waals surface area (Å²) in [5, 5.41) is 12.3. The fraction of sp³-hybridized carbons (Fsp3) is 0.296. The van der Waals surface area contributed by atoms with Crippen LogP contribution in [-0.4, -0.2) is 36.3 Å². The molecule has 4 aromatic rings. The van der Waals surface area contributed by atoms with Crippen LogP contribution in [0.4, 0.5) is 11.5 Å². The first kappa shape index (κ1) is 24.2. The number of nitrogens with zero attached hydrogens (tertiary/aromatic N) is 6. The molecule has 1 aliphatic rings. The van der Waals surface area contributed by atoms with E-state index in [0.29, 0.717) is 12.4 Å². The highest BCUT2D eigenvalue weighted by molar-refractivity contribution is 5.62. The number of aromatic amines is 1. The largest absolute Gasteiger partial charge is 0.383 e. The van der Waals surface area contributed by atoms with Crippen molar-refractivity contribution in [3.63, 3.8) is 0 Å². The minimum Gasteiger partial charge on any atom is -0.383 e. The highest BCUT2D eigenvalue weighted by Crippen LogP contribution is 2.24. The highest BCUT2D eigenvalue weighted by atomic mass is 16.2. The Balaban J connectivity index is 1.53. The number of rotatable bonds is 9. The van der Waals surface area contributed by atoms with Crippen LogP contribution in [0.3, 0.4) is 0 Å². The zero-order valence-corrected chi connectivity index (χ0v) is 20.6. The molecule has 10 nitrogen and oxygen atoms in total. The van der Waals surface area contributed by atoms with E-state index in [-0.39, 0.29) is 24.6 Å². The number of hydrogen-bond acceptors (Lipinski definition) is 7. The summed E-state index contributed by atoms with van der Waals surface area (Å²) in [7, 11) is 0. The van der Waals surface area contributed by atoms with Gasteiger partial charge in [0.25, 0.3) is 5.56 Å². The summed E-state index contributed by atoms with van der Waals surface area (Å²) in [6.07, 6.45) is 7.57. The van der Waals surface area contributed by atoms with E-state index >= 15 is 0 Å². The lowest BCUT2D eigenvalue weighted by Gasteiger charge is -2.27. The molecule has 3 N–H and O–H groups in total. The van der Waals surface area contributed by atoms with Gasteiger partial charge in [-0.15, -0.1) is 5.10 Å². The van der Waals surface area contributed by atoms with Gasteiger partial charge in [-0.3, -0.25) is 14.3 Å². The third-order valence-electron chi connectivity index (χ3n) is 6.67. The molecule has 2 aromatic heterocycles. The number of allylic oxidation sites excluding steroid dienone is 1. The van der Waals surface area contributed by atoms with E-state index < -0.39 is 11.2 Å². The fourth-order valence-corrected chi connectivity index (χ4v) is 4.73. The molecule has 190 valence electrons. The van der Waals surface area contributed by atoms with Gasteiger partial charge in [0.1, 0.15) is 11.5 Å². The van der Waals surface area contributed by atoms with Crippen molar-refractivity contribution in [3.05, 3.63) is 105 Å². The quantitative estimate of drug-likeness (QED) is 0.340. The molecule has 37 heavy (non-hydrogen) atoms. The van der Waals surface area contributed by atoms with E-state index in [0.717, 1.165) is 30.5 Å². The number of nitrogens with one attached hydrogen (secondary N) is 1. The standard InChI is InChI=1S/C27H30N8O2/c28-25-24(26(36)29-27(37)34(25)18-21-12-6-2-7-13-21)33(17-16-20-10-4-1-5-11-20)19-23-30-31-32-35(23)22-14-8-3-9-15-22/h2-3,6-10,12-15H,1,4-5,11,16-19,28H2,(H,29,36,37). The topological polar surface area (TPSA) is 128 Å². The molecule has 0 bridgehead atoms. The molecule has 0 radical (unpaired) electrons. The first-order valence-corrected chi connectivity index (χ1v) is 12.5. The zero-order chi connectivity index (χ0) is 25.6. The predicted octanol–water partition coefficient (Wildman–Crippen LogP) is 3.04. The molecule has 1 aliphatic carbocycles. The molecule has 5 rings (SSSR count). The summed E-state index contributed by atoms with van der Waals surface area (Å²) in [6, 6.07) is 19.1. The Hall–Kier alpha value is -4.47. The number of H-pyrrole nitrogens is 1. The molecule has 0 spiro atoms. The normalized spacial score (nSPS) is 13.4. The number of aromatic nitrogens is 6. The Morgan fingerprint density at radius 1 is 1.00 bits per heavy atom. The lowest BCUT2D eigenvalue weighted by atomic mass is 9.97. The maximum absolute atomic E-state index is 13.2. The van der Waals surface area contributed by atoms with Gasteiger partial charge in [0.15, 0.2) is 5.82 Å². The number of para-hydroxylation sites is 1. The molecule has 0 saturated carbocycles. The number of anilines is 2.